The molecule has 0 N–H and O–H groups in total. The van der Waals surface area contributed by atoms with Crippen LogP contribution in [0.2, 0.25) is 0 Å². The summed E-state index contributed by atoms with van der Waals surface area (Å²) < 4.78 is 5.43. The molecule has 1 aromatic carbocycles. The minimum absolute atomic E-state index is 0.0668. The quantitative estimate of drug-likeness (QED) is 0.769. The molecule has 2 nitrogen and oxygen atoms in total. The molecule has 1 fully saturated rings. The number of benzene rings is 1. The van der Waals surface area contributed by atoms with Crippen LogP contribution in [0.5, 0.6) is 0 Å². The maximum absolute atomic E-state index is 11.9. The van der Waals surface area contributed by atoms with Crippen LogP contribution in [0.4, 0.5) is 0 Å². The Morgan fingerprint density at radius 3 is 2.93 bits per heavy atom. The lowest BCUT2D eigenvalue weighted by molar-refractivity contribution is 0.107. The molecule has 1 saturated heterocycles. The second kappa shape index (κ2) is 4.81. The molecule has 1 aliphatic heterocycles. The Balaban J connectivity index is 2.04. The zero-order valence-corrected chi connectivity index (χ0v) is 9.55. The van der Waals surface area contributed by atoms with Gasteiger partial charge in [-0.05, 0) is 25.3 Å². The molecule has 0 saturated carbocycles. The van der Waals surface area contributed by atoms with Gasteiger partial charge < -0.3 is 4.74 Å². The van der Waals surface area contributed by atoms with Crippen LogP contribution >= 0.6 is 11.8 Å². The van der Waals surface area contributed by atoms with Crippen molar-refractivity contribution in [2.75, 3.05) is 6.61 Å². The van der Waals surface area contributed by atoms with Crippen LogP contribution in [-0.4, -0.2) is 17.2 Å². The SMILES string of the molecule is Cc1ccccc1C(=O)SC1CCCO1. The van der Waals surface area contributed by atoms with Crippen molar-refractivity contribution < 1.29 is 9.53 Å². The van der Waals surface area contributed by atoms with E-state index in [0.29, 0.717) is 0 Å². The average Bonchev–Trinajstić information content (AvgIpc) is 2.71. The molecule has 0 amide bonds. The summed E-state index contributed by atoms with van der Waals surface area (Å²) in [7, 11) is 0. The molecule has 0 radical (unpaired) electrons. The van der Waals surface area contributed by atoms with Gasteiger partial charge in [0.15, 0.2) is 0 Å². The third kappa shape index (κ3) is 2.61. The van der Waals surface area contributed by atoms with Gasteiger partial charge >= 0.3 is 0 Å². The number of ether oxygens (including phenoxy) is 1. The number of aryl methyl sites for hydroxylation is 1. The first-order valence-electron chi connectivity index (χ1n) is 5.15. The topological polar surface area (TPSA) is 26.3 Å². The first kappa shape index (κ1) is 10.7. The van der Waals surface area contributed by atoms with Gasteiger partial charge in [0, 0.05) is 12.2 Å². The van der Waals surface area contributed by atoms with Crippen LogP contribution < -0.4 is 0 Å². The number of hydrogen-bond donors (Lipinski definition) is 0. The Hall–Kier alpha value is -0.800. The van der Waals surface area contributed by atoms with Gasteiger partial charge in [0.1, 0.15) is 5.44 Å². The minimum Gasteiger partial charge on any atom is -0.367 e. The molecule has 1 aromatic rings. The molecule has 1 atom stereocenters. The summed E-state index contributed by atoms with van der Waals surface area (Å²) in [6.45, 7) is 2.75. The summed E-state index contributed by atoms with van der Waals surface area (Å²) >= 11 is 1.31. The average molecular weight is 222 g/mol. The number of thioether (sulfide) groups is 1. The largest absolute Gasteiger partial charge is 0.367 e. The van der Waals surface area contributed by atoms with E-state index in [1.54, 1.807) is 0 Å². The Kier molecular flexibility index (Phi) is 3.44. The van der Waals surface area contributed by atoms with Gasteiger partial charge in [-0.3, -0.25) is 4.79 Å². The highest BCUT2D eigenvalue weighted by atomic mass is 32.2. The maximum atomic E-state index is 11.9. The van der Waals surface area contributed by atoms with Crippen LogP contribution in [0.3, 0.4) is 0 Å². The molecule has 3 heteroatoms. The van der Waals surface area contributed by atoms with E-state index in [1.807, 2.05) is 31.2 Å². The molecule has 1 aliphatic rings. The van der Waals surface area contributed by atoms with Crippen LogP contribution in [0.15, 0.2) is 24.3 Å². The summed E-state index contributed by atoms with van der Waals surface area (Å²) in [5, 5.41) is 0.125. The fourth-order valence-electron chi connectivity index (χ4n) is 1.63. The van der Waals surface area contributed by atoms with Gasteiger partial charge in [-0.25, -0.2) is 0 Å². The zero-order chi connectivity index (χ0) is 10.7. The summed E-state index contributed by atoms with van der Waals surface area (Å²) in [4.78, 5) is 11.9. The number of carbonyl (C=O) groups is 1. The van der Waals surface area contributed by atoms with Gasteiger partial charge in [0.25, 0.3) is 0 Å². The van der Waals surface area contributed by atoms with E-state index in [1.165, 1.54) is 11.8 Å². The van der Waals surface area contributed by atoms with E-state index in [0.717, 1.165) is 30.6 Å². The summed E-state index contributed by atoms with van der Waals surface area (Å²) in [5.74, 6) is 0. The smallest absolute Gasteiger partial charge is 0.222 e. The molecule has 2 rings (SSSR count). The van der Waals surface area contributed by atoms with Crippen molar-refractivity contribution in [2.45, 2.75) is 25.2 Å². The first-order chi connectivity index (χ1) is 7.27. The highest BCUT2D eigenvalue weighted by molar-refractivity contribution is 8.14. The molecular weight excluding hydrogens is 208 g/mol. The normalized spacial score (nSPS) is 20.5. The fraction of sp³-hybridized carbons (Fsp3) is 0.417. The van der Waals surface area contributed by atoms with E-state index < -0.39 is 0 Å². The number of rotatable bonds is 2. The highest BCUT2D eigenvalue weighted by Crippen LogP contribution is 2.27. The lowest BCUT2D eigenvalue weighted by Crippen LogP contribution is -2.05. The van der Waals surface area contributed by atoms with Crippen molar-refractivity contribution >= 4 is 16.9 Å². The predicted octanol–water partition coefficient (Wildman–Crippen LogP) is 3.00. The lowest BCUT2D eigenvalue weighted by atomic mass is 10.1. The predicted molar refractivity (Wildman–Crippen MR) is 62.1 cm³/mol. The summed E-state index contributed by atoms with van der Waals surface area (Å²) in [6.07, 6.45) is 2.06. The van der Waals surface area contributed by atoms with E-state index in [4.69, 9.17) is 4.74 Å². The molecule has 0 spiro atoms. The van der Waals surface area contributed by atoms with Crippen LogP contribution in [0, 0.1) is 6.92 Å². The first-order valence-corrected chi connectivity index (χ1v) is 6.03. The minimum atomic E-state index is 0.0668. The van der Waals surface area contributed by atoms with E-state index in [2.05, 4.69) is 0 Å². The van der Waals surface area contributed by atoms with Crippen LogP contribution in [0.1, 0.15) is 28.8 Å². The second-order valence-electron chi connectivity index (χ2n) is 3.66. The fourth-order valence-corrected chi connectivity index (χ4v) is 2.67. The van der Waals surface area contributed by atoms with Gasteiger partial charge in [-0.2, -0.15) is 0 Å². The van der Waals surface area contributed by atoms with Gasteiger partial charge in [0.2, 0.25) is 5.12 Å². The summed E-state index contributed by atoms with van der Waals surface area (Å²) in [5.41, 5.74) is 1.91. The molecule has 80 valence electrons. The highest BCUT2D eigenvalue weighted by Gasteiger charge is 2.21. The molecule has 0 aromatic heterocycles. The second-order valence-corrected chi connectivity index (χ2v) is 4.80. The molecule has 15 heavy (non-hydrogen) atoms. The standard InChI is InChI=1S/C12H14O2S/c1-9-5-2-3-6-10(9)12(13)15-11-7-4-8-14-11/h2-3,5-6,11H,4,7-8H2,1H3. The Morgan fingerprint density at radius 1 is 1.47 bits per heavy atom. The molecular formula is C12H14O2S. The lowest BCUT2D eigenvalue weighted by Gasteiger charge is -2.08. The van der Waals surface area contributed by atoms with Crippen molar-refractivity contribution in [1.29, 1.82) is 0 Å². The van der Waals surface area contributed by atoms with Gasteiger partial charge in [-0.1, -0.05) is 36.0 Å². The van der Waals surface area contributed by atoms with Crippen molar-refractivity contribution in [3.05, 3.63) is 35.4 Å². The molecule has 0 aliphatic carbocycles. The van der Waals surface area contributed by atoms with Gasteiger partial charge in [0.05, 0.1) is 0 Å². The maximum Gasteiger partial charge on any atom is 0.222 e. The Bertz CT molecular complexity index is 356. The Morgan fingerprint density at radius 2 is 2.27 bits per heavy atom. The molecule has 1 unspecified atom stereocenters. The van der Waals surface area contributed by atoms with Crippen molar-refractivity contribution in [3.8, 4) is 0 Å². The zero-order valence-electron chi connectivity index (χ0n) is 8.73. The van der Waals surface area contributed by atoms with E-state index in [-0.39, 0.29) is 10.6 Å². The van der Waals surface area contributed by atoms with Gasteiger partial charge in [-0.15, -0.1) is 0 Å². The molecule has 1 heterocycles. The third-order valence-electron chi connectivity index (χ3n) is 2.49. The van der Waals surface area contributed by atoms with Crippen molar-refractivity contribution in [2.24, 2.45) is 0 Å². The van der Waals surface area contributed by atoms with Crippen LogP contribution in [-0.2, 0) is 4.74 Å². The van der Waals surface area contributed by atoms with E-state index in [9.17, 15) is 4.79 Å². The number of hydrogen-bond acceptors (Lipinski definition) is 3. The van der Waals surface area contributed by atoms with Crippen LogP contribution in [0.25, 0.3) is 0 Å². The monoisotopic (exact) mass is 222 g/mol. The third-order valence-corrected chi connectivity index (χ3v) is 3.56. The van der Waals surface area contributed by atoms with Crippen molar-refractivity contribution in [1.82, 2.24) is 0 Å². The molecule has 0 bridgehead atoms. The Labute approximate surface area is 94.0 Å². The summed E-state index contributed by atoms with van der Waals surface area (Å²) in [6, 6.07) is 7.68. The van der Waals surface area contributed by atoms with Crippen molar-refractivity contribution in [3.63, 3.8) is 0 Å². The van der Waals surface area contributed by atoms with E-state index >= 15 is 0 Å². The number of carbonyl (C=O) groups excluding carboxylic acids is 1.